The minimum absolute atomic E-state index is 0.0122. The lowest BCUT2D eigenvalue weighted by atomic mass is 10.1. The molecule has 1 rings (SSSR count). The molecule has 0 aliphatic carbocycles. The molecule has 0 aromatic heterocycles. The van der Waals surface area contributed by atoms with E-state index in [9.17, 15) is 4.79 Å². The topological polar surface area (TPSA) is 29.1 Å². The summed E-state index contributed by atoms with van der Waals surface area (Å²) in [5, 5.41) is 2.88. The first kappa shape index (κ1) is 12.5. The molecule has 0 aliphatic rings. The Labute approximate surface area is 103 Å². The molecule has 0 spiro atoms. The Morgan fingerprint density at radius 3 is 2.93 bits per heavy atom. The maximum Gasteiger partial charge on any atom is 0.221 e. The van der Waals surface area contributed by atoms with E-state index in [0.717, 1.165) is 10.0 Å². The largest absolute Gasteiger partial charge is 0.350 e. The van der Waals surface area contributed by atoms with Crippen LogP contribution in [0.2, 0.25) is 0 Å². The molecule has 82 valence electrons. The first-order valence-corrected chi connectivity index (χ1v) is 6.07. The van der Waals surface area contributed by atoms with Gasteiger partial charge in [-0.25, -0.2) is 0 Å². The molecule has 0 aliphatic heterocycles. The van der Waals surface area contributed by atoms with Gasteiger partial charge in [0.15, 0.2) is 0 Å². The molecule has 0 bridgehead atoms. The Morgan fingerprint density at radius 2 is 2.33 bits per heavy atom. The van der Waals surface area contributed by atoms with Crippen molar-refractivity contribution in [3.05, 3.63) is 34.3 Å². The summed E-state index contributed by atoms with van der Waals surface area (Å²) in [5.41, 5.74) is 1.08. The highest BCUT2D eigenvalue weighted by molar-refractivity contribution is 9.10. The molecule has 0 radical (unpaired) electrons. The highest BCUT2D eigenvalue weighted by Gasteiger charge is 2.08. The molecule has 0 fully saturated rings. The van der Waals surface area contributed by atoms with E-state index in [0.29, 0.717) is 12.3 Å². The Balaban J connectivity index is 2.60. The van der Waals surface area contributed by atoms with Crippen LogP contribution < -0.4 is 5.32 Å². The van der Waals surface area contributed by atoms with Gasteiger partial charge in [-0.05, 0) is 24.6 Å². The number of hydrogen-bond donors (Lipinski definition) is 1. The lowest BCUT2D eigenvalue weighted by Crippen LogP contribution is -2.26. The Hall–Kier alpha value is -0.540. The van der Waals surface area contributed by atoms with Crippen molar-refractivity contribution >= 4 is 33.4 Å². The van der Waals surface area contributed by atoms with Crippen molar-refractivity contribution in [1.82, 2.24) is 5.32 Å². The molecule has 1 N–H and O–H groups in total. The van der Waals surface area contributed by atoms with Crippen LogP contribution in [-0.4, -0.2) is 11.8 Å². The van der Waals surface area contributed by atoms with Crippen LogP contribution in [-0.2, 0) is 4.79 Å². The fourth-order valence-electron chi connectivity index (χ4n) is 1.26. The van der Waals surface area contributed by atoms with Crippen LogP contribution in [0.5, 0.6) is 0 Å². The second-order valence-corrected chi connectivity index (χ2v) is 4.58. The zero-order valence-electron chi connectivity index (χ0n) is 8.47. The van der Waals surface area contributed by atoms with Crippen molar-refractivity contribution in [2.24, 2.45) is 0 Å². The first-order chi connectivity index (χ1) is 7.13. The summed E-state index contributed by atoms with van der Waals surface area (Å²) >= 11 is 8.88. The van der Waals surface area contributed by atoms with Gasteiger partial charge in [0.2, 0.25) is 5.91 Å². The van der Waals surface area contributed by atoms with E-state index in [4.69, 9.17) is 11.6 Å². The van der Waals surface area contributed by atoms with Gasteiger partial charge in [-0.15, -0.1) is 11.6 Å². The van der Waals surface area contributed by atoms with Crippen LogP contribution in [0.15, 0.2) is 28.7 Å². The molecule has 15 heavy (non-hydrogen) atoms. The lowest BCUT2D eigenvalue weighted by Gasteiger charge is -2.14. The molecule has 1 atom stereocenters. The molecule has 1 aromatic rings. The van der Waals surface area contributed by atoms with Crippen LogP contribution in [0, 0.1) is 0 Å². The second kappa shape index (κ2) is 6.13. The summed E-state index contributed by atoms with van der Waals surface area (Å²) in [6, 6.07) is 7.89. The summed E-state index contributed by atoms with van der Waals surface area (Å²) in [5.74, 6) is 0.342. The molecular formula is C11H13BrClNO. The Kier molecular flexibility index (Phi) is 5.12. The predicted molar refractivity (Wildman–Crippen MR) is 66.0 cm³/mol. The van der Waals surface area contributed by atoms with Crippen LogP contribution in [0.4, 0.5) is 0 Å². The van der Waals surface area contributed by atoms with Gasteiger partial charge in [-0.2, -0.15) is 0 Å². The minimum atomic E-state index is -0.0162. The van der Waals surface area contributed by atoms with E-state index in [1.165, 1.54) is 0 Å². The summed E-state index contributed by atoms with van der Waals surface area (Å²) in [4.78, 5) is 11.3. The third-order valence-corrected chi connectivity index (χ3v) is 2.73. The lowest BCUT2D eigenvalue weighted by molar-refractivity contribution is -0.121. The van der Waals surface area contributed by atoms with E-state index in [1.54, 1.807) is 0 Å². The van der Waals surface area contributed by atoms with E-state index in [2.05, 4.69) is 21.2 Å². The summed E-state index contributed by atoms with van der Waals surface area (Å²) in [6.07, 6.45) is 0.361. The quantitative estimate of drug-likeness (QED) is 0.847. The van der Waals surface area contributed by atoms with Crippen molar-refractivity contribution in [3.63, 3.8) is 0 Å². The van der Waals surface area contributed by atoms with Crippen LogP contribution in [0.25, 0.3) is 0 Å². The number of carbonyl (C=O) groups excluding carboxylic acids is 1. The number of hydrogen-bond acceptors (Lipinski definition) is 1. The number of amides is 1. The minimum Gasteiger partial charge on any atom is -0.350 e. The van der Waals surface area contributed by atoms with E-state index >= 15 is 0 Å². The number of rotatable bonds is 4. The van der Waals surface area contributed by atoms with E-state index in [1.807, 2.05) is 31.2 Å². The SMILES string of the molecule is C[C@H](NC(=O)CCCl)c1cccc(Br)c1. The first-order valence-electron chi connectivity index (χ1n) is 4.74. The number of carbonyl (C=O) groups is 1. The molecule has 4 heteroatoms. The fourth-order valence-corrected chi connectivity index (χ4v) is 1.85. The van der Waals surface area contributed by atoms with Gasteiger partial charge in [0.1, 0.15) is 0 Å². The van der Waals surface area contributed by atoms with E-state index in [-0.39, 0.29) is 11.9 Å². The van der Waals surface area contributed by atoms with Crippen molar-refractivity contribution in [1.29, 1.82) is 0 Å². The second-order valence-electron chi connectivity index (χ2n) is 3.28. The molecule has 1 amide bonds. The normalized spacial score (nSPS) is 12.2. The monoisotopic (exact) mass is 289 g/mol. The highest BCUT2D eigenvalue weighted by atomic mass is 79.9. The van der Waals surface area contributed by atoms with E-state index < -0.39 is 0 Å². The third-order valence-electron chi connectivity index (χ3n) is 2.05. The molecule has 0 unspecified atom stereocenters. The number of halogens is 2. The van der Waals surface area contributed by atoms with Crippen LogP contribution >= 0.6 is 27.5 Å². The van der Waals surface area contributed by atoms with Gasteiger partial charge in [0.25, 0.3) is 0 Å². The molecule has 1 aromatic carbocycles. The van der Waals surface area contributed by atoms with Crippen LogP contribution in [0.1, 0.15) is 24.9 Å². The number of benzene rings is 1. The average molecular weight is 291 g/mol. The Bertz CT molecular complexity index is 343. The van der Waals surface area contributed by atoms with Gasteiger partial charge in [-0.3, -0.25) is 4.79 Å². The zero-order chi connectivity index (χ0) is 11.3. The maximum absolute atomic E-state index is 11.3. The van der Waals surface area contributed by atoms with Gasteiger partial charge in [0.05, 0.1) is 6.04 Å². The van der Waals surface area contributed by atoms with Crippen molar-refractivity contribution in [2.75, 3.05) is 5.88 Å². The summed E-state index contributed by atoms with van der Waals surface area (Å²) < 4.78 is 1.01. The molecule has 0 heterocycles. The molecule has 2 nitrogen and oxygen atoms in total. The molecule has 0 saturated carbocycles. The maximum atomic E-state index is 11.3. The van der Waals surface area contributed by atoms with Gasteiger partial charge < -0.3 is 5.32 Å². The van der Waals surface area contributed by atoms with Crippen molar-refractivity contribution in [3.8, 4) is 0 Å². The van der Waals surface area contributed by atoms with Crippen molar-refractivity contribution in [2.45, 2.75) is 19.4 Å². The summed E-state index contributed by atoms with van der Waals surface area (Å²) in [7, 11) is 0. The average Bonchev–Trinajstić information content (AvgIpc) is 2.18. The third kappa shape index (κ3) is 4.22. The zero-order valence-corrected chi connectivity index (χ0v) is 10.8. The summed E-state index contributed by atoms with van der Waals surface area (Å²) in [6.45, 7) is 1.95. The van der Waals surface area contributed by atoms with Crippen LogP contribution in [0.3, 0.4) is 0 Å². The number of alkyl halides is 1. The number of nitrogens with one attached hydrogen (secondary N) is 1. The highest BCUT2D eigenvalue weighted by Crippen LogP contribution is 2.17. The van der Waals surface area contributed by atoms with Crippen molar-refractivity contribution < 1.29 is 4.79 Å². The predicted octanol–water partition coefficient (Wildman–Crippen LogP) is 3.26. The Morgan fingerprint density at radius 1 is 1.60 bits per heavy atom. The van der Waals surface area contributed by atoms with Gasteiger partial charge in [-0.1, -0.05) is 28.1 Å². The molecular weight excluding hydrogens is 277 g/mol. The standard InChI is InChI=1S/C11H13BrClNO/c1-8(14-11(15)5-6-13)9-3-2-4-10(12)7-9/h2-4,7-8H,5-6H2,1H3,(H,14,15)/t8-/m0/s1. The molecule has 0 saturated heterocycles. The fraction of sp³-hybridized carbons (Fsp3) is 0.364. The smallest absolute Gasteiger partial charge is 0.221 e. The van der Waals surface area contributed by atoms with Gasteiger partial charge in [0, 0.05) is 16.8 Å². The van der Waals surface area contributed by atoms with Gasteiger partial charge >= 0.3 is 0 Å².